The standard InChI is InChI=1S/C16H9BrCl2N4O/c17-8-3-13-11(20-6-8)1-2-12(21-13)16(24)14-5-15-10(19)4-9(18)7-23(15)22-14/h3-7H,1-2H2. The lowest BCUT2D eigenvalue weighted by atomic mass is 10.0. The van der Waals surface area contributed by atoms with Crippen LogP contribution in [-0.4, -0.2) is 26.1 Å². The SMILES string of the molecule is O=C(C1=Nc2cc(Br)cnc2CC1)c1cc2c(Cl)cc(Cl)cn2n1. The third kappa shape index (κ3) is 2.75. The highest BCUT2D eigenvalue weighted by Crippen LogP contribution is 2.28. The predicted molar refractivity (Wildman–Crippen MR) is 96.9 cm³/mol. The van der Waals surface area contributed by atoms with Gasteiger partial charge in [-0.3, -0.25) is 9.78 Å². The van der Waals surface area contributed by atoms with E-state index in [1.165, 1.54) is 4.52 Å². The van der Waals surface area contributed by atoms with Crippen molar-refractivity contribution in [3.63, 3.8) is 0 Å². The Kier molecular flexibility index (Phi) is 3.90. The molecule has 8 heteroatoms. The van der Waals surface area contributed by atoms with E-state index in [-0.39, 0.29) is 5.78 Å². The molecular formula is C16H9BrCl2N4O. The fourth-order valence-corrected chi connectivity index (χ4v) is 3.46. The molecule has 0 atom stereocenters. The Bertz CT molecular complexity index is 1030. The molecule has 24 heavy (non-hydrogen) atoms. The Labute approximate surface area is 155 Å². The number of carbonyl (C=O) groups excluding carboxylic acids is 1. The van der Waals surface area contributed by atoms with Crippen LogP contribution in [0.5, 0.6) is 0 Å². The summed E-state index contributed by atoms with van der Waals surface area (Å²) in [5.41, 5.74) is 2.99. The summed E-state index contributed by atoms with van der Waals surface area (Å²) in [6, 6.07) is 5.12. The van der Waals surface area contributed by atoms with Gasteiger partial charge in [0.15, 0.2) is 0 Å². The quantitative estimate of drug-likeness (QED) is 0.561. The summed E-state index contributed by atoms with van der Waals surface area (Å²) in [5, 5.41) is 5.17. The van der Waals surface area contributed by atoms with Gasteiger partial charge in [-0.2, -0.15) is 5.10 Å². The van der Waals surface area contributed by atoms with E-state index in [9.17, 15) is 4.79 Å². The molecule has 0 aromatic carbocycles. The minimum Gasteiger partial charge on any atom is -0.285 e. The largest absolute Gasteiger partial charge is 0.285 e. The van der Waals surface area contributed by atoms with Crippen LogP contribution in [0.1, 0.15) is 22.6 Å². The third-order valence-corrected chi connectivity index (χ3v) is 4.70. The second kappa shape index (κ2) is 5.95. The normalized spacial score (nSPS) is 13.7. The smallest absolute Gasteiger partial charge is 0.227 e. The molecule has 120 valence electrons. The van der Waals surface area contributed by atoms with Gasteiger partial charge in [-0.25, -0.2) is 9.51 Å². The maximum absolute atomic E-state index is 12.7. The molecule has 1 aliphatic rings. The van der Waals surface area contributed by atoms with Gasteiger partial charge < -0.3 is 0 Å². The minimum absolute atomic E-state index is 0.212. The van der Waals surface area contributed by atoms with Crippen molar-refractivity contribution in [1.29, 1.82) is 0 Å². The molecule has 0 N–H and O–H groups in total. The number of Topliss-reactive ketones (excluding diaryl/α,β-unsaturated/α-hetero) is 1. The molecule has 3 aromatic rings. The Balaban J connectivity index is 1.75. The lowest BCUT2D eigenvalue weighted by Crippen LogP contribution is -2.18. The molecule has 0 aliphatic carbocycles. The van der Waals surface area contributed by atoms with Gasteiger partial charge in [-0.15, -0.1) is 0 Å². The summed E-state index contributed by atoms with van der Waals surface area (Å²) in [6.45, 7) is 0. The summed E-state index contributed by atoms with van der Waals surface area (Å²) in [6.07, 6.45) is 4.55. The molecule has 0 fully saturated rings. The molecule has 0 amide bonds. The van der Waals surface area contributed by atoms with Gasteiger partial charge in [0, 0.05) is 16.9 Å². The first-order valence-electron chi connectivity index (χ1n) is 7.12. The summed E-state index contributed by atoms with van der Waals surface area (Å²) < 4.78 is 2.33. The average Bonchev–Trinajstić information content (AvgIpc) is 2.97. The first-order chi connectivity index (χ1) is 11.5. The van der Waals surface area contributed by atoms with Crippen LogP contribution in [0, 0.1) is 0 Å². The predicted octanol–water partition coefficient (Wildman–Crippen LogP) is 4.70. The van der Waals surface area contributed by atoms with Gasteiger partial charge in [0.2, 0.25) is 5.78 Å². The monoisotopic (exact) mass is 422 g/mol. The Morgan fingerprint density at radius 3 is 2.88 bits per heavy atom. The Hall–Kier alpha value is -1.76. The van der Waals surface area contributed by atoms with E-state index in [1.54, 1.807) is 24.5 Å². The van der Waals surface area contributed by atoms with E-state index in [0.29, 0.717) is 45.5 Å². The Morgan fingerprint density at radius 2 is 2.04 bits per heavy atom. The molecule has 0 bridgehead atoms. The summed E-state index contributed by atoms with van der Waals surface area (Å²) in [7, 11) is 0. The Morgan fingerprint density at radius 1 is 1.21 bits per heavy atom. The van der Waals surface area contributed by atoms with E-state index in [2.05, 4.69) is 31.0 Å². The zero-order chi connectivity index (χ0) is 16.8. The summed E-state index contributed by atoms with van der Waals surface area (Å²) in [4.78, 5) is 21.5. The number of fused-ring (bicyclic) bond motifs is 2. The molecule has 1 aliphatic heterocycles. The number of pyridine rings is 2. The topological polar surface area (TPSA) is 59.6 Å². The number of nitrogens with zero attached hydrogens (tertiary/aromatic N) is 4. The zero-order valence-corrected chi connectivity index (χ0v) is 15.2. The number of hydrogen-bond donors (Lipinski definition) is 0. The number of halogens is 3. The van der Waals surface area contributed by atoms with Crippen molar-refractivity contribution in [2.75, 3.05) is 0 Å². The van der Waals surface area contributed by atoms with Gasteiger partial charge in [0.1, 0.15) is 5.69 Å². The number of rotatable bonds is 2. The van der Waals surface area contributed by atoms with Gasteiger partial charge >= 0.3 is 0 Å². The molecule has 0 unspecified atom stereocenters. The molecule has 0 saturated carbocycles. The summed E-state index contributed by atoms with van der Waals surface area (Å²) in [5.74, 6) is -0.212. The van der Waals surface area contributed by atoms with Crippen LogP contribution in [0.3, 0.4) is 0 Å². The number of aliphatic imine (C=N–C) groups is 1. The van der Waals surface area contributed by atoms with Crippen LogP contribution in [-0.2, 0) is 6.42 Å². The highest BCUT2D eigenvalue weighted by atomic mass is 79.9. The van der Waals surface area contributed by atoms with Crippen LogP contribution in [0.4, 0.5) is 5.69 Å². The van der Waals surface area contributed by atoms with Crippen molar-refractivity contribution in [3.8, 4) is 0 Å². The first kappa shape index (κ1) is 15.7. The van der Waals surface area contributed by atoms with Crippen LogP contribution in [0.15, 0.2) is 40.1 Å². The van der Waals surface area contributed by atoms with Gasteiger partial charge in [-0.05, 0) is 47.0 Å². The van der Waals surface area contributed by atoms with Gasteiger partial charge in [0.25, 0.3) is 0 Å². The van der Waals surface area contributed by atoms with Crippen LogP contribution >= 0.6 is 39.1 Å². The fourth-order valence-electron chi connectivity index (χ4n) is 2.63. The number of hydrogen-bond acceptors (Lipinski definition) is 4. The van der Waals surface area contributed by atoms with Crippen LogP contribution in [0.2, 0.25) is 10.0 Å². The van der Waals surface area contributed by atoms with Gasteiger partial charge in [0.05, 0.1) is 32.7 Å². The zero-order valence-electron chi connectivity index (χ0n) is 12.1. The molecule has 0 radical (unpaired) electrons. The second-order valence-corrected chi connectivity index (χ2v) is 7.13. The fraction of sp³-hybridized carbons (Fsp3) is 0.125. The molecule has 5 nitrogen and oxygen atoms in total. The van der Waals surface area contributed by atoms with Crippen molar-refractivity contribution < 1.29 is 4.79 Å². The molecule has 4 heterocycles. The van der Waals surface area contributed by atoms with Crippen molar-refractivity contribution >= 4 is 61.8 Å². The van der Waals surface area contributed by atoms with E-state index in [0.717, 1.165) is 10.2 Å². The van der Waals surface area contributed by atoms with E-state index >= 15 is 0 Å². The highest BCUT2D eigenvalue weighted by Gasteiger charge is 2.23. The van der Waals surface area contributed by atoms with E-state index < -0.39 is 0 Å². The lowest BCUT2D eigenvalue weighted by molar-refractivity contribution is 0.105. The minimum atomic E-state index is -0.212. The first-order valence-corrected chi connectivity index (χ1v) is 8.67. The van der Waals surface area contributed by atoms with Crippen molar-refractivity contribution in [3.05, 3.63) is 56.5 Å². The van der Waals surface area contributed by atoms with Crippen molar-refractivity contribution in [2.24, 2.45) is 4.99 Å². The van der Waals surface area contributed by atoms with E-state index in [1.807, 2.05) is 6.07 Å². The maximum Gasteiger partial charge on any atom is 0.227 e. The van der Waals surface area contributed by atoms with E-state index in [4.69, 9.17) is 23.2 Å². The van der Waals surface area contributed by atoms with Crippen molar-refractivity contribution in [2.45, 2.75) is 12.8 Å². The molecule has 0 saturated heterocycles. The van der Waals surface area contributed by atoms with Gasteiger partial charge in [-0.1, -0.05) is 23.2 Å². The number of aromatic nitrogens is 3. The molecule has 0 spiro atoms. The lowest BCUT2D eigenvalue weighted by Gasteiger charge is -2.13. The number of aryl methyl sites for hydroxylation is 1. The van der Waals surface area contributed by atoms with Crippen molar-refractivity contribution in [1.82, 2.24) is 14.6 Å². The second-order valence-electron chi connectivity index (χ2n) is 5.37. The molecule has 4 rings (SSSR count). The molecular weight excluding hydrogens is 415 g/mol. The van der Waals surface area contributed by atoms with Crippen LogP contribution in [0.25, 0.3) is 5.52 Å². The highest BCUT2D eigenvalue weighted by molar-refractivity contribution is 9.10. The van der Waals surface area contributed by atoms with Crippen LogP contribution < -0.4 is 0 Å². The molecule has 3 aromatic heterocycles. The number of ketones is 1. The third-order valence-electron chi connectivity index (χ3n) is 3.75. The maximum atomic E-state index is 12.7. The summed E-state index contributed by atoms with van der Waals surface area (Å²) >= 11 is 15.5. The number of carbonyl (C=O) groups is 1. The average molecular weight is 424 g/mol.